The predicted octanol–water partition coefficient (Wildman–Crippen LogP) is 1.16. The monoisotopic (exact) mass is 201 g/mol. The number of rotatable bonds is 5. The van der Waals surface area contributed by atoms with E-state index in [2.05, 4.69) is 19.2 Å². The molecule has 1 aliphatic heterocycles. The molecule has 1 rings (SSSR count). The van der Waals surface area contributed by atoms with Gasteiger partial charge in [-0.05, 0) is 31.6 Å². The van der Waals surface area contributed by atoms with Crippen LogP contribution in [-0.2, 0) is 4.74 Å². The maximum absolute atomic E-state index is 8.78. The number of ether oxygens (including phenoxy) is 1. The van der Waals surface area contributed by atoms with Crippen molar-refractivity contribution in [2.45, 2.75) is 39.2 Å². The summed E-state index contributed by atoms with van der Waals surface area (Å²) in [4.78, 5) is 0. The van der Waals surface area contributed by atoms with E-state index in [0.717, 1.165) is 39.0 Å². The number of nitrogens with one attached hydrogen (secondary N) is 1. The molecule has 0 amide bonds. The molecule has 1 saturated heterocycles. The lowest BCUT2D eigenvalue weighted by Gasteiger charge is -2.34. The average Bonchev–Trinajstić information content (AvgIpc) is 2.17. The summed E-state index contributed by atoms with van der Waals surface area (Å²) in [6.45, 7) is 7.54. The Morgan fingerprint density at radius 2 is 2.07 bits per heavy atom. The molecule has 0 aromatic carbocycles. The summed E-state index contributed by atoms with van der Waals surface area (Å²) in [7, 11) is 0. The first-order valence-electron chi connectivity index (χ1n) is 5.58. The molecule has 3 nitrogen and oxygen atoms in total. The molecule has 0 saturated carbocycles. The van der Waals surface area contributed by atoms with E-state index in [-0.39, 0.29) is 6.61 Å². The minimum Gasteiger partial charge on any atom is -0.396 e. The SMILES string of the molecule is C[C@H](CCO)NCC1(C)CCOCC1. The average molecular weight is 201 g/mol. The van der Waals surface area contributed by atoms with Gasteiger partial charge in [-0.1, -0.05) is 6.92 Å². The van der Waals surface area contributed by atoms with Crippen molar-refractivity contribution in [3.8, 4) is 0 Å². The van der Waals surface area contributed by atoms with Gasteiger partial charge in [-0.3, -0.25) is 0 Å². The predicted molar refractivity (Wildman–Crippen MR) is 57.3 cm³/mol. The second-order valence-electron chi connectivity index (χ2n) is 4.72. The van der Waals surface area contributed by atoms with Gasteiger partial charge in [0, 0.05) is 32.4 Å². The van der Waals surface area contributed by atoms with Crippen LogP contribution in [0, 0.1) is 5.41 Å². The van der Waals surface area contributed by atoms with Crippen LogP contribution >= 0.6 is 0 Å². The molecule has 0 unspecified atom stereocenters. The molecular formula is C11H23NO2. The van der Waals surface area contributed by atoms with Gasteiger partial charge in [0.05, 0.1) is 0 Å². The molecule has 1 heterocycles. The van der Waals surface area contributed by atoms with E-state index >= 15 is 0 Å². The summed E-state index contributed by atoms with van der Waals surface area (Å²) < 4.78 is 5.35. The second-order valence-corrected chi connectivity index (χ2v) is 4.72. The van der Waals surface area contributed by atoms with Gasteiger partial charge in [0.1, 0.15) is 0 Å². The van der Waals surface area contributed by atoms with E-state index in [4.69, 9.17) is 9.84 Å². The lowest BCUT2D eigenvalue weighted by molar-refractivity contribution is 0.0228. The first kappa shape index (κ1) is 12.0. The van der Waals surface area contributed by atoms with Crippen molar-refractivity contribution < 1.29 is 9.84 Å². The van der Waals surface area contributed by atoms with Gasteiger partial charge in [0.2, 0.25) is 0 Å². The summed E-state index contributed by atoms with van der Waals surface area (Å²) in [5.41, 5.74) is 0.391. The molecule has 0 spiro atoms. The Kier molecular flexibility index (Phi) is 4.85. The minimum absolute atomic E-state index is 0.272. The van der Waals surface area contributed by atoms with Crippen molar-refractivity contribution in [2.75, 3.05) is 26.4 Å². The van der Waals surface area contributed by atoms with Gasteiger partial charge in [-0.2, -0.15) is 0 Å². The standard InChI is InChI=1S/C11H23NO2/c1-10(3-6-13)12-9-11(2)4-7-14-8-5-11/h10,12-13H,3-9H2,1-2H3/t10-/m1/s1. The Labute approximate surface area is 86.8 Å². The van der Waals surface area contributed by atoms with Gasteiger partial charge in [-0.25, -0.2) is 0 Å². The summed E-state index contributed by atoms with van der Waals surface area (Å²) in [6.07, 6.45) is 3.13. The maximum atomic E-state index is 8.78. The van der Waals surface area contributed by atoms with Crippen molar-refractivity contribution in [1.29, 1.82) is 0 Å². The molecule has 1 atom stereocenters. The van der Waals surface area contributed by atoms with Crippen LogP contribution in [-0.4, -0.2) is 37.5 Å². The third kappa shape index (κ3) is 3.95. The zero-order valence-electron chi connectivity index (χ0n) is 9.38. The van der Waals surface area contributed by atoms with Crippen LogP contribution in [0.15, 0.2) is 0 Å². The largest absolute Gasteiger partial charge is 0.396 e. The van der Waals surface area contributed by atoms with E-state index in [1.807, 2.05) is 0 Å². The van der Waals surface area contributed by atoms with Crippen molar-refractivity contribution >= 4 is 0 Å². The van der Waals surface area contributed by atoms with E-state index in [0.29, 0.717) is 11.5 Å². The van der Waals surface area contributed by atoms with Gasteiger partial charge >= 0.3 is 0 Å². The van der Waals surface area contributed by atoms with E-state index in [9.17, 15) is 0 Å². The molecule has 0 aliphatic carbocycles. The lowest BCUT2D eigenvalue weighted by Crippen LogP contribution is -2.40. The van der Waals surface area contributed by atoms with E-state index in [1.54, 1.807) is 0 Å². The second kappa shape index (κ2) is 5.69. The van der Waals surface area contributed by atoms with Crippen LogP contribution in [0.5, 0.6) is 0 Å². The molecular weight excluding hydrogens is 178 g/mol. The van der Waals surface area contributed by atoms with Crippen LogP contribution in [0.25, 0.3) is 0 Å². The number of hydrogen-bond acceptors (Lipinski definition) is 3. The molecule has 0 bridgehead atoms. The molecule has 0 aromatic heterocycles. The van der Waals surface area contributed by atoms with Crippen LogP contribution in [0.4, 0.5) is 0 Å². The van der Waals surface area contributed by atoms with E-state index in [1.165, 1.54) is 0 Å². The summed E-state index contributed by atoms with van der Waals surface area (Å²) >= 11 is 0. The number of aliphatic hydroxyl groups is 1. The summed E-state index contributed by atoms with van der Waals surface area (Å²) in [6, 6.07) is 0.416. The fraction of sp³-hybridized carbons (Fsp3) is 1.00. The van der Waals surface area contributed by atoms with Crippen LogP contribution in [0.1, 0.15) is 33.1 Å². The van der Waals surface area contributed by atoms with E-state index < -0.39 is 0 Å². The highest BCUT2D eigenvalue weighted by Crippen LogP contribution is 2.28. The van der Waals surface area contributed by atoms with Crippen molar-refractivity contribution in [1.82, 2.24) is 5.32 Å². The Morgan fingerprint density at radius 1 is 1.43 bits per heavy atom. The topological polar surface area (TPSA) is 41.5 Å². The fourth-order valence-electron chi connectivity index (χ4n) is 1.76. The Morgan fingerprint density at radius 3 is 2.64 bits per heavy atom. The molecule has 14 heavy (non-hydrogen) atoms. The van der Waals surface area contributed by atoms with Gasteiger partial charge < -0.3 is 15.2 Å². The smallest absolute Gasteiger partial charge is 0.0471 e. The molecule has 2 N–H and O–H groups in total. The number of aliphatic hydroxyl groups excluding tert-OH is 1. The minimum atomic E-state index is 0.272. The van der Waals surface area contributed by atoms with Crippen molar-refractivity contribution in [3.05, 3.63) is 0 Å². The molecule has 84 valence electrons. The quantitative estimate of drug-likeness (QED) is 0.701. The maximum Gasteiger partial charge on any atom is 0.0471 e. The fourth-order valence-corrected chi connectivity index (χ4v) is 1.76. The molecule has 0 aromatic rings. The third-order valence-electron chi connectivity index (χ3n) is 3.14. The molecule has 0 radical (unpaired) electrons. The highest BCUT2D eigenvalue weighted by molar-refractivity contribution is 4.80. The van der Waals surface area contributed by atoms with Crippen LogP contribution in [0.2, 0.25) is 0 Å². The molecule has 1 fully saturated rings. The zero-order valence-corrected chi connectivity index (χ0v) is 9.38. The molecule has 3 heteroatoms. The highest BCUT2D eigenvalue weighted by atomic mass is 16.5. The van der Waals surface area contributed by atoms with Gasteiger partial charge in [0.15, 0.2) is 0 Å². The first-order valence-corrected chi connectivity index (χ1v) is 5.58. The van der Waals surface area contributed by atoms with Gasteiger partial charge in [0.25, 0.3) is 0 Å². The normalized spacial score (nSPS) is 23.4. The Bertz CT molecular complexity index is 155. The summed E-state index contributed by atoms with van der Waals surface area (Å²) in [5.74, 6) is 0. The lowest BCUT2D eigenvalue weighted by atomic mass is 9.82. The first-order chi connectivity index (χ1) is 6.66. The Hall–Kier alpha value is -0.120. The Balaban J connectivity index is 2.21. The third-order valence-corrected chi connectivity index (χ3v) is 3.14. The number of hydrogen-bond donors (Lipinski definition) is 2. The van der Waals surface area contributed by atoms with Crippen molar-refractivity contribution in [2.24, 2.45) is 5.41 Å². The van der Waals surface area contributed by atoms with Gasteiger partial charge in [-0.15, -0.1) is 0 Å². The van der Waals surface area contributed by atoms with Crippen molar-refractivity contribution in [3.63, 3.8) is 0 Å². The summed E-state index contributed by atoms with van der Waals surface area (Å²) in [5, 5.41) is 12.3. The van der Waals surface area contributed by atoms with Crippen LogP contribution < -0.4 is 5.32 Å². The molecule has 1 aliphatic rings. The highest BCUT2D eigenvalue weighted by Gasteiger charge is 2.27. The van der Waals surface area contributed by atoms with Crippen LogP contribution in [0.3, 0.4) is 0 Å². The zero-order chi connectivity index (χ0) is 10.4.